The number of ether oxygens (including phenoxy) is 4. The number of amides is 1. The van der Waals surface area contributed by atoms with E-state index in [0.29, 0.717) is 35.3 Å². The maximum atomic E-state index is 12.2. The third-order valence-corrected chi connectivity index (χ3v) is 3.51. The van der Waals surface area contributed by atoms with E-state index in [0.717, 1.165) is 5.56 Å². The summed E-state index contributed by atoms with van der Waals surface area (Å²) in [7, 11) is 3.12. The van der Waals surface area contributed by atoms with Crippen LogP contribution in [0.1, 0.15) is 12.5 Å². The first-order valence-electron chi connectivity index (χ1n) is 7.96. The monoisotopic (exact) mass is 345 g/mol. The van der Waals surface area contributed by atoms with Crippen LogP contribution in [0.3, 0.4) is 0 Å². The normalized spacial score (nSPS) is 10.1. The van der Waals surface area contributed by atoms with Crippen LogP contribution in [-0.2, 0) is 4.79 Å². The third-order valence-electron chi connectivity index (χ3n) is 3.51. The van der Waals surface area contributed by atoms with Gasteiger partial charge in [0.05, 0.1) is 20.8 Å². The predicted molar refractivity (Wildman–Crippen MR) is 96.0 cm³/mol. The molecule has 1 N–H and O–H groups in total. The summed E-state index contributed by atoms with van der Waals surface area (Å²) in [5.41, 5.74) is 1.50. The van der Waals surface area contributed by atoms with E-state index in [1.807, 2.05) is 26.0 Å². The van der Waals surface area contributed by atoms with Crippen molar-refractivity contribution in [3.63, 3.8) is 0 Å². The zero-order valence-electron chi connectivity index (χ0n) is 14.9. The van der Waals surface area contributed by atoms with Gasteiger partial charge in [0, 0.05) is 11.8 Å². The van der Waals surface area contributed by atoms with Crippen LogP contribution in [0.5, 0.6) is 23.0 Å². The quantitative estimate of drug-likeness (QED) is 0.794. The van der Waals surface area contributed by atoms with Gasteiger partial charge in [0.25, 0.3) is 5.91 Å². The maximum absolute atomic E-state index is 12.2. The van der Waals surface area contributed by atoms with Gasteiger partial charge < -0.3 is 24.3 Å². The van der Waals surface area contributed by atoms with Crippen molar-refractivity contribution < 1.29 is 23.7 Å². The number of benzene rings is 2. The van der Waals surface area contributed by atoms with Gasteiger partial charge in [-0.15, -0.1) is 0 Å². The Morgan fingerprint density at radius 2 is 1.56 bits per heavy atom. The van der Waals surface area contributed by atoms with Crippen LogP contribution in [0.4, 0.5) is 5.69 Å². The molecule has 0 aliphatic heterocycles. The number of hydrogen-bond donors (Lipinski definition) is 1. The molecule has 6 nitrogen and oxygen atoms in total. The Balaban J connectivity index is 2.04. The molecule has 0 atom stereocenters. The van der Waals surface area contributed by atoms with Crippen LogP contribution in [0.2, 0.25) is 0 Å². The van der Waals surface area contributed by atoms with Crippen molar-refractivity contribution in [1.82, 2.24) is 0 Å². The molecule has 0 radical (unpaired) electrons. The van der Waals surface area contributed by atoms with Crippen LogP contribution in [0.25, 0.3) is 0 Å². The topological polar surface area (TPSA) is 66.0 Å². The summed E-state index contributed by atoms with van der Waals surface area (Å²) in [5.74, 6) is 2.02. The SMILES string of the molecule is CCOc1ccccc1OCC(=O)Nc1cc(OC)c(OC)cc1C. The summed E-state index contributed by atoms with van der Waals surface area (Å²) in [6, 6.07) is 10.8. The Bertz CT molecular complexity index is 730. The summed E-state index contributed by atoms with van der Waals surface area (Å²) in [6.07, 6.45) is 0. The van der Waals surface area contributed by atoms with E-state index < -0.39 is 0 Å². The lowest BCUT2D eigenvalue weighted by Gasteiger charge is -2.14. The van der Waals surface area contributed by atoms with Gasteiger partial charge in [-0.1, -0.05) is 12.1 Å². The number of carbonyl (C=O) groups is 1. The standard InChI is InChI=1S/C19H23NO5/c1-5-24-15-8-6-7-9-16(15)25-12-19(21)20-14-11-18(23-4)17(22-3)10-13(14)2/h6-11H,5,12H2,1-4H3,(H,20,21). The van der Waals surface area contributed by atoms with Crippen LogP contribution in [-0.4, -0.2) is 33.3 Å². The van der Waals surface area contributed by atoms with Gasteiger partial charge in [0.2, 0.25) is 0 Å². The molecular formula is C19H23NO5. The molecule has 1 amide bonds. The van der Waals surface area contributed by atoms with Gasteiger partial charge in [-0.2, -0.15) is 0 Å². The van der Waals surface area contributed by atoms with E-state index in [9.17, 15) is 4.79 Å². The molecule has 0 saturated carbocycles. The number of aryl methyl sites for hydroxylation is 1. The molecule has 0 bridgehead atoms. The Kier molecular flexibility index (Phi) is 6.51. The largest absolute Gasteiger partial charge is 0.493 e. The van der Waals surface area contributed by atoms with Crippen molar-refractivity contribution in [2.45, 2.75) is 13.8 Å². The van der Waals surface area contributed by atoms with Crippen LogP contribution in [0, 0.1) is 6.92 Å². The first kappa shape index (κ1) is 18.4. The fraction of sp³-hybridized carbons (Fsp3) is 0.316. The molecule has 6 heteroatoms. The van der Waals surface area contributed by atoms with Gasteiger partial charge in [0.15, 0.2) is 29.6 Å². The molecule has 25 heavy (non-hydrogen) atoms. The number of hydrogen-bond acceptors (Lipinski definition) is 5. The molecule has 0 saturated heterocycles. The first-order chi connectivity index (χ1) is 12.1. The lowest BCUT2D eigenvalue weighted by molar-refractivity contribution is -0.118. The fourth-order valence-corrected chi connectivity index (χ4v) is 2.29. The minimum absolute atomic E-state index is 0.127. The van der Waals surface area contributed by atoms with Crippen LogP contribution < -0.4 is 24.3 Å². The number of nitrogens with one attached hydrogen (secondary N) is 1. The highest BCUT2D eigenvalue weighted by molar-refractivity contribution is 5.93. The van der Waals surface area contributed by atoms with E-state index in [-0.39, 0.29) is 12.5 Å². The van der Waals surface area contributed by atoms with Crippen LogP contribution >= 0.6 is 0 Å². The van der Waals surface area contributed by atoms with Crippen LogP contribution in [0.15, 0.2) is 36.4 Å². The summed E-state index contributed by atoms with van der Waals surface area (Å²) in [6.45, 7) is 4.17. The van der Waals surface area contributed by atoms with Crippen molar-refractivity contribution in [2.24, 2.45) is 0 Å². The second kappa shape index (κ2) is 8.82. The van der Waals surface area contributed by atoms with Crippen molar-refractivity contribution >= 4 is 11.6 Å². The lowest BCUT2D eigenvalue weighted by atomic mass is 10.1. The highest BCUT2D eigenvalue weighted by atomic mass is 16.5. The van der Waals surface area contributed by atoms with E-state index in [1.165, 1.54) is 0 Å². The van der Waals surface area contributed by atoms with E-state index in [2.05, 4.69) is 5.32 Å². The smallest absolute Gasteiger partial charge is 0.262 e. The molecule has 0 spiro atoms. The molecule has 2 aromatic rings. The molecule has 0 heterocycles. The van der Waals surface area contributed by atoms with Gasteiger partial charge >= 0.3 is 0 Å². The van der Waals surface area contributed by atoms with Crippen molar-refractivity contribution in [2.75, 3.05) is 32.8 Å². The van der Waals surface area contributed by atoms with E-state index in [1.54, 1.807) is 38.5 Å². The Labute approximate surface area is 147 Å². The van der Waals surface area contributed by atoms with Gasteiger partial charge in [0.1, 0.15) is 0 Å². The molecular weight excluding hydrogens is 322 g/mol. The highest BCUT2D eigenvalue weighted by Crippen LogP contribution is 2.33. The average molecular weight is 345 g/mol. The molecule has 0 unspecified atom stereocenters. The number of carbonyl (C=O) groups excluding carboxylic acids is 1. The average Bonchev–Trinajstić information content (AvgIpc) is 2.62. The van der Waals surface area contributed by atoms with Crippen molar-refractivity contribution in [3.05, 3.63) is 42.0 Å². The summed E-state index contributed by atoms with van der Waals surface area (Å²) in [4.78, 5) is 12.2. The molecule has 134 valence electrons. The minimum atomic E-state index is -0.276. The molecule has 2 rings (SSSR count). The fourth-order valence-electron chi connectivity index (χ4n) is 2.29. The molecule has 0 aliphatic carbocycles. The molecule has 2 aromatic carbocycles. The summed E-state index contributed by atoms with van der Waals surface area (Å²) in [5, 5.41) is 2.82. The Hall–Kier alpha value is -2.89. The zero-order chi connectivity index (χ0) is 18.2. The lowest BCUT2D eigenvalue weighted by Crippen LogP contribution is -2.21. The van der Waals surface area contributed by atoms with Crippen molar-refractivity contribution in [3.8, 4) is 23.0 Å². The number of rotatable bonds is 8. The zero-order valence-corrected chi connectivity index (χ0v) is 14.9. The Morgan fingerprint density at radius 1 is 0.960 bits per heavy atom. The second-order valence-corrected chi connectivity index (χ2v) is 5.24. The predicted octanol–water partition coefficient (Wildman–Crippen LogP) is 3.43. The van der Waals surface area contributed by atoms with Gasteiger partial charge in [-0.25, -0.2) is 0 Å². The number of anilines is 1. The number of methoxy groups -OCH3 is 2. The maximum Gasteiger partial charge on any atom is 0.262 e. The van der Waals surface area contributed by atoms with E-state index in [4.69, 9.17) is 18.9 Å². The Morgan fingerprint density at radius 3 is 2.16 bits per heavy atom. The number of para-hydroxylation sites is 2. The van der Waals surface area contributed by atoms with Crippen molar-refractivity contribution in [1.29, 1.82) is 0 Å². The van der Waals surface area contributed by atoms with E-state index >= 15 is 0 Å². The van der Waals surface area contributed by atoms with Gasteiger partial charge in [-0.05, 0) is 37.6 Å². The minimum Gasteiger partial charge on any atom is -0.493 e. The third kappa shape index (κ3) is 4.79. The molecule has 0 fully saturated rings. The van der Waals surface area contributed by atoms with Gasteiger partial charge in [-0.3, -0.25) is 4.79 Å². The summed E-state index contributed by atoms with van der Waals surface area (Å²) < 4.78 is 21.6. The summed E-state index contributed by atoms with van der Waals surface area (Å²) >= 11 is 0. The highest BCUT2D eigenvalue weighted by Gasteiger charge is 2.12. The molecule has 0 aliphatic rings. The second-order valence-electron chi connectivity index (χ2n) is 5.24. The molecule has 0 aromatic heterocycles. The first-order valence-corrected chi connectivity index (χ1v) is 7.96.